The number of hydrogen-bond acceptors (Lipinski definition) is 5. The Morgan fingerprint density at radius 2 is 2.17 bits per heavy atom. The van der Waals surface area contributed by atoms with Crippen molar-refractivity contribution >= 4 is 21.6 Å². The van der Waals surface area contributed by atoms with Crippen LogP contribution in [0.15, 0.2) is 24.3 Å². The van der Waals surface area contributed by atoms with Gasteiger partial charge >= 0.3 is 6.03 Å². The monoisotopic (exact) mass is 355 g/mol. The molecular formula is C16H25N3O4S. The Bertz CT molecular complexity index is 663. The number of nitrogens with zero attached hydrogens (tertiary/aromatic N) is 1. The normalized spacial score (nSPS) is 17.6. The third-order valence-corrected chi connectivity index (χ3v) is 4.96. The van der Waals surface area contributed by atoms with Crippen LogP contribution in [0.4, 0.5) is 10.5 Å². The van der Waals surface area contributed by atoms with Crippen molar-refractivity contribution in [1.82, 2.24) is 10.6 Å². The van der Waals surface area contributed by atoms with Crippen molar-refractivity contribution in [2.75, 3.05) is 50.2 Å². The topological polar surface area (TPSA) is 87.7 Å². The molecule has 0 spiro atoms. The molecule has 1 heterocycles. The first kappa shape index (κ1) is 18.4. The number of anilines is 1. The highest BCUT2D eigenvalue weighted by molar-refractivity contribution is 7.90. The first-order valence-corrected chi connectivity index (χ1v) is 10.0. The highest BCUT2D eigenvalue weighted by Gasteiger charge is 2.23. The lowest BCUT2D eigenvalue weighted by molar-refractivity contribution is 0.240. The second-order valence-electron chi connectivity index (χ2n) is 6.07. The number of ether oxygens (including phenoxy) is 1. The second kappa shape index (κ2) is 8.23. The summed E-state index contributed by atoms with van der Waals surface area (Å²) in [6, 6.07) is 7.62. The largest absolute Gasteiger partial charge is 0.497 e. The summed E-state index contributed by atoms with van der Waals surface area (Å²) in [7, 11) is -1.40. The Kier molecular flexibility index (Phi) is 6.30. The molecule has 0 aromatic heterocycles. The van der Waals surface area contributed by atoms with Crippen LogP contribution in [-0.2, 0) is 9.84 Å². The van der Waals surface area contributed by atoms with E-state index in [0.717, 1.165) is 37.2 Å². The molecule has 1 saturated heterocycles. The molecule has 1 atom stereocenters. The van der Waals surface area contributed by atoms with Crippen LogP contribution < -0.4 is 20.3 Å². The number of urea groups is 1. The van der Waals surface area contributed by atoms with Crippen LogP contribution in [-0.4, -0.2) is 59.7 Å². The molecular weight excluding hydrogens is 330 g/mol. The Hall–Kier alpha value is -1.96. The van der Waals surface area contributed by atoms with E-state index in [9.17, 15) is 13.2 Å². The van der Waals surface area contributed by atoms with Crippen LogP contribution in [0.5, 0.6) is 5.75 Å². The van der Waals surface area contributed by atoms with E-state index < -0.39 is 9.84 Å². The molecule has 8 heteroatoms. The molecule has 1 fully saturated rings. The van der Waals surface area contributed by atoms with Gasteiger partial charge in [-0.1, -0.05) is 6.07 Å². The Morgan fingerprint density at radius 1 is 1.38 bits per heavy atom. The van der Waals surface area contributed by atoms with Crippen molar-refractivity contribution in [3.05, 3.63) is 24.3 Å². The van der Waals surface area contributed by atoms with Gasteiger partial charge in [-0.15, -0.1) is 0 Å². The Morgan fingerprint density at radius 3 is 2.88 bits per heavy atom. The maximum atomic E-state index is 11.7. The molecule has 0 unspecified atom stereocenters. The average molecular weight is 355 g/mol. The SMILES string of the molecule is COc1cccc(N2CC[C@@H](CNC(=O)NCCS(C)(=O)=O)C2)c1. The quantitative estimate of drug-likeness (QED) is 0.758. The Labute approximate surface area is 143 Å². The molecule has 0 radical (unpaired) electrons. The average Bonchev–Trinajstić information content (AvgIpc) is 3.01. The standard InChI is InChI=1S/C16H25N3O4S/c1-23-15-5-3-4-14(10-15)19-8-6-13(12-19)11-18-16(20)17-7-9-24(2,21)22/h3-5,10,13H,6-9,11-12H2,1-2H3,(H2,17,18,20)/t13-/m0/s1. The van der Waals surface area contributed by atoms with E-state index in [0.29, 0.717) is 12.5 Å². The molecule has 1 aromatic rings. The van der Waals surface area contributed by atoms with Gasteiger partial charge in [0.25, 0.3) is 0 Å². The minimum absolute atomic E-state index is 0.0481. The zero-order valence-electron chi connectivity index (χ0n) is 14.1. The summed E-state index contributed by atoms with van der Waals surface area (Å²) in [6.07, 6.45) is 2.15. The van der Waals surface area contributed by atoms with E-state index in [1.54, 1.807) is 7.11 Å². The van der Waals surface area contributed by atoms with Crippen molar-refractivity contribution < 1.29 is 17.9 Å². The number of amides is 2. The maximum absolute atomic E-state index is 11.7. The smallest absolute Gasteiger partial charge is 0.314 e. The predicted octanol–water partition coefficient (Wildman–Crippen LogP) is 0.865. The molecule has 0 bridgehead atoms. The van der Waals surface area contributed by atoms with Crippen LogP contribution in [0.25, 0.3) is 0 Å². The summed E-state index contributed by atoms with van der Waals surface area (Å²) in [6.45, 7) is 2.52. The molecule has 2 N–H and O–H groups in total. The van der Waals surface area contributed by atoms with E-state index in [1.807, 2.05) is 18.2 Å². The molecule has 134 valence electrons. The fraction of sp³-hybridized carbons (Fsp3) is 0.562. The van der Waals surface area contributed by atoms with Gasteiger partial charge in [0, 0.05) is 44.2 Å². The number of nitrogens with one attached hydrogen (secondary N) is 2. The number of hydrogen-bond donors (Lipinski definition) is 2. The summed E-state index contributed by atoms with van der Waals surface area (Å²) in [5.41, 5.74) is 1.12. The lowest BCUT2D eigenvalue weighted by atomic mass is 10.1. The first-order valence-electron chi connectivity index (χ1n) is 7.96. The summed E-state index contributed by atoms with van der Waals surface area (Å²) in [5.74, 6) is 1.16. The molecule has 1 aromatic carbocycles. The molecule has 0 aliphatic carbocycles. The molecule has 1 aliphatic heterocycles. The highest BCUT2D eigenvalue weighted by atomic mass is 32.2. The third-order valence-electron chi connectivity index (χ3n) is 4.01. The van der Waals surface area contributed by atoms with Crippen molar-refractivity contribution in [1.29, 1.82) is 0 Å². The number of sulfone groups is 1. The van der Waals surface area contributed by atoms with Crippen molar-refractivity contribution in [3.8, 4) is 5.75 Å². The van der Waals surface area contributed by atoms with Crippen molar-refractivity contribution in [3.63, 3.8) is 0 Å². The van der Waals surface area contributed by atoms with Gasteiger partial charge in [-0.2, -0.15) is 0 Å². The first-order chi connectivity index (χ1) is 11.4. The lowest BCUT2D eigenvalue weighted by Crippen LogP contribution is -2.40. The molecule has 2 amide bonds. The number of methoxy groups -OCH3 is 1. The number of carbonyl (C=O) groups is 1. The van der Waals surface area contributed by atoms with E-state index in [4.69, 9.17) is 4.74 Å². The highest BCUT2D eigenvalue weighted by Crippen LogP contribution is 2.26. The zero-order valence-corrected chi connectivity index (χ0v) is 14.9. The summed E-state index contributed by atoms with van der Waals surface area (Å²) in [4.78, 5) is 13.9. The lowest BCUT2D eigenvalue weighted by Gasteiger charge is -2.19. The molecule has 7 nitrogen and oxygen atoms in total. The van der Waals surface area contributed by atoms with Crippen molar-refractivity contribution in [2.45, 2.75) is 6.42 Å². The van der Waals surface area contributed by atoms with Gasteiger partial charge in [0.1, 0.15) is 15.6 Å². The zero-order chi connectivity index (χ0) is 17.6. The number of rotatable bonds is 7. The minimum atomic E-state index is -3.05. The van der Waals surface area contributed by atoms with Gasteiger partial charge in [-0.05, 0) is 24.5 Å². The number of carbonyl (C=O) groups excluding carboxylic acids is 1. The summed E-state index contributed by atoms with van der Waals surface area (Å²) >= 11 is 0. The van der Waals surface area contributed by atoms with Gasteiger partial charge in [0.05, 0.1) is 12.9 Å². The van der Waals surface area contributed by atoms with E-state index >= 15 is 0 Å². The molecule has 2 rings (SSSR count). The summed E-state index contributed by atoms with van der Waals surface area (Å²) in [5, 5.41) is 5.37. The van der Waals surface area contributed by atoms with E-state index in [1.165, 1.54) is 0 Å². The summed E-state index contributed by atoms with van der Waals surface area (Å²) < 4.78 is 27.3. The van der Waals surface area contributed by atoms with Crippen LogP contribution >= 0.6 is 0 Å². The molecule has 1 aliphatic rings. The van der Waals surface area contributed by atoms with Gasteiger partial charge in [0.2, 0.25) is 0 Å². The third kappa shape index (κ3) is 5.92. The van der Waals surface area contributed by atoms with Gasteiger partial charge in [-0.25, -0.2) is 13.2 Å². The van der Waals surface area contributed by atoms with Crippen LogP contribution in [0.3, 0.4) is 0 Å². The van der Waals surface area contributed by atoms with Crippen molar-refractivity contribution in [2.24, 2.45) is 5.92 Å². The molecule has 24 heavy (non-hydrogen) atoms. The fourth-order valence-corrected chi connectivity index (χ4v) is 3.16. The van der Waals surface area contributed by atoms with Gasteiger partial charge in [-0.3, -0.25) is 0 Å². The van der Waals surface area contributed by atoms with Gasteiger partial charge < -0.3 is 20.3 Å². The van der Waals surface area contributed by atoms with E-state index in [-0.39, 0.29) is 18.3 Å². The second-order valence-corrected chi connectivity index (χ2v) is 8.33. The fourth-order valence-electron chi connectivity index (χ4n) is 2.69. The van der Waals surface area contributed by atoms with Crippen LogP contribution in [0.1, 0.15) is 6.42 Å². The van der Waals surface area contributed by atoms with E-state index in [2.05, 4.69) is 21.6 Å². The predicted molar refractivity (Wildman–Crippen MR) is 94.4 cm³/mol. The van der Waals surface area contributed by atoms with Gasteiger partial charge in [0.15, 0.2) is 0 Å². The number of benzene rings is 1. The van der Waals surface area contributed by atoms with Crippen LogP contribution in [0, 0.1) is 5.92 Å². The molecule has 0 saturated carbocycles. The van der Waals surface area contributed by atoms with Crippen LogP contribution in [0.2, 0.25) is 0 Å². The maximum Gasteiger partial charge on any atom is 0.314 e. The Balaban J connectivity index is 1.72. The minimum Gasteiger partial charge on any atom is -0.497 e.